The third-order valence-corrected chi connectivity index (χ3v) is 3.91. The molecule has 1 heterocycles. The van der Waals surface area contributed by atoms with Crippen molar-refractivity contribution in [3.05, 3.63) is 28.2 Å². The van der Waals surface area contributed by atoms with E-state index in [1.165, 1.54) is 6.42 Å². The number of rotatable bonds is 4. The van der Waals surface area contributed by atoms with Gasteiger partial charge in [0.05, 0.1) is 0 Å². The summed E-state index contributed by atoms with van der Waals surface area (Å²) in [5.74, 6) is 0.780. The first-order valence-corrected chi connectivity index (χ1v) is 7.21. The Kier molecular flexibility index (Phi) is 4.78. The minimum atomic E-state index is 0.114. The third kappa shape index (κ3) is 3.82. The summed E-state index contributed by atoms with van der Waals surface area (Å²) < 4.78 is 0.989. The fourth-order valence-electron chi connectivity index (χ4n) is 2.24. The smallest absolute Gasteiger partial charge is 0.224 e. The number of halogens is 1. The van der Waals surface area contributed by atoms with Crippen molar-refractivity contribution in [3.63, 3.8) is 0 Å². The zero-order chi connectivity index (χ0) is 13.0. The van der Waals surface area contributed by atoms with E-state index in [4.69, 9.17) is 0 Å². The van der Waals surface area contributed by atoms with Gasteiger partial charge in [0.1, 0.15) is 0 Å². The van der Waals surface area contributed by atoms with Gasteiger partial charge in [-0.15, -0.1) is 0 Å². The Morgan fingerprint density at radius 3 is 3.11 bits per heavy atom. The van der Waals surface area contributed by atoms with E-state index in [0.717, 1.165) is 35.2 Å². The molecule has 4 heteroatoms. The second kappa shape index (κ2) is 6.34. The van der Waals surface area contributed by atoms with Crippen LogP contribution < -0.4 is 10.6 Å². The van der Waals surface area contributed by atoms with Crippen LogP contribution in [0, 0.1) is 12.8 Å². The molecular weight excluding hydrogens is 292 g/mol. The minimum absolute atomic E-state index is 0.114. The van der Waals surface area contributed by atoms with Crippen molar-refractivity contribution in [2.75, 3.05) is 18.4 Å². The van der Waals surface area contributed by atoms with E-state index in [9.17, 15) is 4.79 Å². The SMILES string of the molecule is Cc1ccc(Br)cc1NC(=O)CCC1CCNC1. The minimum Gasteiger partial charge on any atom is -0.326 e. The van der Waals surface area contributed by atoms with E-state index < -0.39 is 0 Å². The van der Waals surface area contributed by atoms with Gasteiger partial charge in [-0.1, -0.05) is 22.0 Å². The molecule has 1 amide bonds. The summed E-state index contributed by atoms with van der Waals surface area (Å²) >= 11 is 3.42. The lowest BCUT2D eigenvalue weighted by Crippen LogP contribution is -2.15. The first kappa shape index (κ1) is 13.6. The van der Waals surface area contributed by atoms with Crippen LogP contribution in [0.2, 0.25) is 0 Å². The highest BCUT2D eigenvalue weighted by molar-refractivity contribution is 9.10. The lowest BCUT2D eigenvalue weighted by atomic mass is 10.0. The maximum atomic E-state index is 11.9. The van der Waals surface area contributed by atoms with Crippen LogP contribution in [0.15, 0.2) is 22.7 Å². The topological polar surface area (TPSA) is 41.1 Å². The molecule has 1 unspecified atom stereocenters. The van der Waals surface area contributed by atoms with E-state index in [1.54, 1.807) is 0 Å². The molecule has 1 atom stereocenters. The molecule has 0 spiro atoms. The lowest BCUT2D eigenvalue weighted by Gasteiger charge is -2.10. The van der Waals surface area contributed by atoms with Crippen molar-refractivity contribution in [3.8, 4) is 0 Å². The Labute approximate surface area is 116 Å². The van der Waals surface area contributed by atoms with Crippen molar-refractivity contribution in [2.24, 2.45) is 5.92 Å². The molecule has 1 aliphatic rings. The monoisotopic (exact) mass is 310 g/mol. The third-order valence-electron chi connectivity index (χ3n) is 3.42. The Morgan fingerprint density at radius 1 is 1.56 bits per heavy atom. The summed E-state index contributed by atoms with van der Waals surface area (Å²) in [5.41, 5.74) is 1.99. The number of nitrogens with one attached hydrogen (secondary N) is 2. The number of hydrogen-bond acceptors (Lipinski definition) is 2. The van der Waals surface area contributed by atoms with Crippen molar-refractivity contribution in [2.45, 2.75) is 26.2 Å². The largest absolute Gasteiger partial charge is 0.326 e. The lowest BCUT2D eigenvalue weighted by molar-refractivity contribution is -0.116. The van der Waals surface area contributed by atoms with Crippen LogP contribution in [0.3, 0.4) is 0 Å². The van der Waals surface area contributed by atoms with Gasteiger partial charge in [-0.05, 0) is 56.5 Å². The molecule has 0 aliphatic carbocycles. The predicted octanol–water partition coefficient (Wildman–Crippen LogP) is 3.09. The molecule has 0 aromatic heterocycles. The molecule has 3 nitrogen and oxygen atoms in total. The summed E-state index contributed by atoms with van der Waals surface area (Å²) in [6.45, 7) is 4.16. The van der Waals surface area contributed by atoms with E-state index in [-0.39, 0.29) is 5.91 Å². The van der Waals surface area contributed by atoms with Crippen LogP contribution in [0.1, 0.15) is 24.8 Å². The average molecular weight is 311 g/mol. The molecule has 98 valence electrons. The van der Waals surface area contributed by atoms with Crippen molar-refractivity contribution < 1.29 is 4.79 Å². The molecule has 2 rings (SSSR count). The molecule has 1 aromatic rings. The quantitative estimate of drug-likeness (QED) is 0.897. The number of carbonyl (C=O) groups excluding carboxylic acids is 1. The van der Waals surface area contributed by atoms with Gasteiger partial charge in [-0.3, -0.25) is 4.79 Å². The van der Waals surface area contributed by atoms with E-state index in [1.807, 2.05) is 25.1 Å². The van der Waals surface area contributed by atoms with Gasteiger partial charge in [-0.25, -0.2) is 0 Å². The second-order valence-corrected chi connectivity index (χ2v) is 5.82. The number of benzene rings is 1. The Balaban J connectivity index is 1.84. The molecule has 1 aromatic carbocycles. The maximum absolute atomic E-state index is 11.9. The van der Waals surface area contributed by atoms with Crippen LogP contribution in [0.4, 0.5) is 5.69 Å². The van der Waals surface area contributed by atoms with Gasteiger partial charge in [0, 0.05) is 16.6 Å². The zero-order valence-electron chi connectivity index (χ0n) is 10.6. The highest BCUT2D eigenvalue weighted by Gasteiger charge is 2.15. The summed E-state index contributed by atoms with van der Waals surface area (Å²) in [6.07, 6.45) is 2.79. The van der Waals surface area contributed by atoms with Crippen LogP contribution >= 0.6 is 15.9 Å². The number of carbonyl (C=O) groups is 1. The van der Waals surface area contributed by atoms with Crippen LogP contribution in [-0.4, -0.2) is 19.0 Å². The summed E-state index contributed by atoms with van der Waals surface area (Å²) in [4.78, 5) is 11.9. The van der Waals surface area contributed by atoms with Gasteiger partial charge in [0.2, 0.25) is 5.91 Å². The zero-order valence-corrected chi connectivity index (χ0v) is 12.2. The number of amides is 1. The maximum Gasteiger partial charge on any atom is 0.224 e. The first-order valence-electron chi connectivity index (χ1n) is 6.42. The number of aryl methyl sites for hydroxylation is 1. The highest BCUT2D eigenvalue weighted by atomic mass is 79.9. The van der Waals surface area contributed by atoms with Crippen molar-refractivity contribution in [1.29, 1.82) is 0 Å². The summed E-state index contributed by atoms with van der Waals surface area (Å²) in [5, 5.41) is 6.31. The molecule has 1 aliphatic heterocycles. The molecule has 18 heavy (non-hydrogen) atoms. The fraction of sp³-hybridized carbons (Fsp3) is 0.500. The Morgan fingerprint density at radius 2 is 2.39 bits per heavy atom. The Hall–Kier alpha value is -0.870. The van der Waals surface area contributed by atoms with E-state index in [0.29, 0.717) is 12.3 Å². The standard InChI is InChI=1S/C14H19BrN2O/c1-10-2-4-12(15)8-13(10)17-14(18)5-3-11-6-7-16-9-11/h2,4,8,11,16H,3,5-7,9H2,1H3,(H,17,18). The number of hydrogen-bond donors (Lipinski definition) is 2. The van der Waals surface area contributed by atoms with Crippen LogP contribution in [0.25, 0.3) is 0 Å². The van der Waals surface area contributed by atoms with Crippen molar-refractivity contribution >= 4 is 27.5 Å². The van der Waals surface area contributed by atoms with Crippen molar-refractivity contribution in [1.82, 2.24) is 5.32 Å². The molecule has 0 radical (unpaired) electrons. The molecule has 0 bridgehead atoms. The van der Waals surface area contributed by atoms with Gasteiger partial charge >= 0.3 is 0 Å². The van der Waals surface area contributed by atoms with E-state index >= 15 is 0 Å². The van der Waals surface area contributed by atoms with Crippen LogP contribution in [0.5, 0.6) is 0 Å². The Bertz CT molecular complexity index is 428. The molecule has 1 fully saturated rings. The average Bonchev–Trinajstić information content (AvgIpc) is 2.84. The van der Waals surface area contributed by atoms with E-state index in [2.05, 4.69) is 26.6 Å². The van der Waals surface area contributed by atoms with Gasteiger partial charge in [0.15, 0.2) is 0 Å². The second-order valence-electron chi connectivity index (χ2n) is 4.90. The normalized spacial score (nSPS) is 18.9. The molecule has 0 saturated carbocycles. The fourth-order valence-corrected chi connectivity index (χ4v) is 2.60. The first-order chi connectivity index (χ1) is 8.65. The predicted molar refractivity (Wildman–Crippen MR) is 77.7 cm³/mol. The summed E-state index contributed by atoms with van der Waals surface area (Å²) in [7, 11) is 0. The molecule has 1 saturated heterocycles. The summed E-state index contributed by atoms with van der Waals surface area (Å²) in [6, 6.07) is 5.93. The number of anilines is 1. The highest BCUT2D eigenvalue weighted by Crippen LogP contribution is 2.21. The van der Waals surface area contributed by atoms with Gasteiger partial charge in [0.25, 0.3) is 0 Å². The van der Waals surface area contributed by atoms with Gasteiger partial charge < -0.3 is 10.6 Å². The van der Waals surface area contributed by atoms with Crippen LogP contribution in [-0.2, 0) is 4.79 Å². The molecule has 2 N–H and O–H groups in total. The molecular formula is C14H19BrN2O. The van der Waals surface area contributed by atoms with Gasteiger partial charge in [-0.2, -0.15) is 0 Å².